The Balaban J connectivity index is 1.68. The quantitative estimate of drug-likeness (QED) is 0.733. The van der Waals surface area contributed by atoms with Gasteiger partial charge < -0.3 is 5.32 Å². The fourth-order valence-electron chi connectivity index (χ4n) is 3.82. The molecule has 2 unspecified atom stereocenters. The molecular weight excluding hydrogens is 196 g/mol. The van der Waals surface area contributed by atoms with Crippen LogP contribution in [0.1, 0.15) is 51.9 Å². The van der Waals surface area contributed by atoms with Gasteiger partial charge in [-0.25, -0.2) is 0 Å². The van der Waals surface area contributed by atoms with Gasteiger partial charge in [-0.3, -0.25) is 4.90 Å². The first kappa shape index (κ1) is 11.0. The largest absolute Gasteiger partial charge is 0.310 e. The first-order valence-corrected chi connectivity index (χ1v) is 7.28. The third-order valence-corrected chi connectivity index (χ3v) is 4.97. The molecule has 2 heteroatoms. The summed E-state index contributed by atoms with van der Waals surface area (Å²) in [5, 5.41) is 3.88. The van der Waals surface area contributed by atoms with E-state index in [-0.39, 0.29) is 0 Å². The lowest BCUT2D eigenvalue weighted by molar-refractivity contribution is 0.155. The van der Waals surface area contributed by atoms with Crippen LogP contribution in [0.5, 0.6) is 0 Å². The minimum absolute atomic E-state index is 0.497. The summed E-state index contributed by atoms with van der Waals surface area (Å²) in [6, 6.07) is 0.929. The molecular formula is C14H26N2. The molecule has 0 aromatic heterocycles. The van der Waals surface area contributed by atoms with Gasteiger partial charge in [-0.1, -0.05) is 26.2 Å². The summed E-state index contributed by atoms with van der Waals surface area (Å²) in [4.78, 5) is 2.80. The van der Waals surface area contributed by atoms with Crippen LogP contribution in [0.3, 0.4) is 0 Å². The molecule has 16 heavy (non-hydrogen) atoms. The van der Waals surface area contributed by atoms with Crippen molar-refractivity contribution in [3.05, 3.63) is 0 Å². The average molecular weight is 222 g/mol. The highest BCUT2D eigenvalue weighted by Crippen LogP contribution is 2.38. The Morgan fingerprint density at radius 1 is 1.12 bits per heavy atom. The molecule has 1 spiro atoms. The van der Waals surface area contributed by atoms with E-state index in [1.165, 1.54) is 64.6 Å². The van der Waals surface area contributed by atoms with E-state index in [0.29, 0.717) is 5.54 Å². The lowest BCUT2D eigenvalue weighted by Crippen LogP contribution is -2.53. The van der Waals surface area contributed by atoms with Gasteiger partial charge in [-0.15, -0.1) is 0 Å². The maximum atomic E-state index is 3.88. The highest BCUT2D eigenvalue weighted by atomic mass is 15.2. The van der Waals surface area contributed by atoms with E-state index in [2.05, 4.69) is 17.1 Å². The Kier molecular flexibility index (Phi) is 2.97. The van der Waals surface area contributed by atoms with Crippen molar-refractivity contribution in [2.75, 3.05) is 19.6 Å². The second-order valence-corrected chi connectivity index (χ2v) is 6.37. The zero-order valence-corrected chi connectivity index (χ0v) is 10.7. The third kappa shape index (κ3) is 2.14. The summed E-state index contributed by atoms with van der Waals surface area (Å²) >= 11 is 0. The van der Waals surface area contributed by atoms with Crippen LogP contribution in [0, 0.1) is 5.92 Å². The van der Waals surface area contributed by atoms with Gasteiger partial charge >= 0.3 is 0 Å². The van der Waals surface area contributed by atoms with Crippen LogP contribution in [0.25, 0.3) is 0 Å². The van der Waals surface area contributed by atoms with Crippen LogP contribution < -0.4 is 5.32 Å². The fourth-order valence-corrected chi connectivity index (χ4v) is 3.82. The second kappa shape index (κ2) is 4.30. The van der Waals surface area contributed by atoms with Crippen molar-refractivity contribution in [3.63, 3.8) is 0 Å². The van der Waals surface area contributed by atoms with Crippen LogP contribution in [0.2, 0.25) is 0 Å². The van der Waals surface area contributed by atoms with E-state index >= 15 is 0 Å². The molecule has 2 nitrogen and oxygen atoms in total. The molecule has 92 valence electrons. The molecule has 1 saturated heterocycles. The van der Waals surface area contributed by atoms with Crippen molar-refractivity contribution in [1.82, 2.24) is 10.2 Å². The maximum Gasteiger partial charge on any atom is 0.0308 e. The highest BCUT2D eigenvalue weighted by molar-refractivity contribution is 5.00. The first-order valence-electron chi connectivity index (χ1n) is 7.28. The Labute approximate surface area is 99.8 Å². The van der Waals surface area contributed by atoms with Crippen LogP contribution in [0.15, 0.2) is 0 Å². The normalized spacial score (nSPS) is 39.6. The topological polar surface area (TPSA) is 15.3 Å². The Morgan fingerprint density at radius 2 is 1.88 bits per heavy atom. The number of nitrogens with one attached hydrogen (secondary N) is 1. The Bertz CT molecular complexity index is 245. The van der Waals surface area contributed by atoms with Gasteiger partial charge in [0.25, 0.3) is 0 Å². The second-order valence-electron chi connectivity index (χ2n) is 6.37. The van der Waals surface area contributed by atoms with Gasteiger partial charge in [0, 0.05) is 18.1 Å². The standard InChI is InChI=1S/C14H26N2/c1-12-10-13(12)16-9-5-8-15-14(11-16)6-3-2-4-7-14/h12-13,15H,2-11H2,1H3. The van der Waals surface area contributed by atoms with Crippen LogP contribution in [-0.4, -0.2) is 36.1 Å². The van der Waals surface area contributed by atoms with E-state index in [9.17, 15) is 0 Å². The Morgan fingerprint density at radius 3 is 2.56 bits per heavy atom. The number of hydrogen-bond acceptors (Lipinski definition) is 2. The smallest absolute Gasteiger partial charge is 0.0308 e. The molecule has 0 radical (unpaired) electrons. The van der Waals surface area contributed by atoms with E-state index in [4.69, 9.17) is 0 Å². The summed E-state index contributed by atoms with van der Waals surface area (Å²) in [6.07, 6.45) is 10.0. The molecule has 1 aliphatic heterocycles. The van der Waals surface area contributed by atoms with Crippen molar-refractivity contribution in [2.45, 2.75) is 63.5 Å². The molecule has 1 heterocycles. The van der Waals surface area contributed by atoms with Gasteiger partial charge in [0.1, 0.15) is 0 Å². The molecule has 3 rings (SSSR count). The predicted octanol–water partition coefficient (Wildman–Crippen LogP) is 2.39. The summed E-state index contributed by atoms with van der Waals surface area (Å²) in [5.74, 6) is 0.971. The molecule has 0 aromatic rings. The van der Waals surface area contributed by atoms with Gasteiger partial charge in [0.05, 0.1) is 0 Å². The summed E-state index contributed by atoms with van der Waals surface area (Å²) < 4.78 is 0. The fraction of sp³-hybridized carbons (Fsp3) is 1.00. The minimum atomic E-state index is 0.497. The molecule has 0 bridgehead atoms. The SMILES string of the molecule is CC1CC1N1CCCNC2(CCCCC2)C1. The zero-order valence-electron chi connectivity index (χ0n) is 10.7. The van der Waals surface area contributed by atoms with Gasteiger partial charge in [0.2, 0.25) is 0 Å². The van der Waals surface area contributed by atoms with Crippen molar-refractivity contribution in [3.8, 4) is 0 Å². The van der Waals surface area contributed by atoms with Crippen molar-refractivity contribution in [2.24, 2.45) is 5.92 Å². The zero-order chi connectivity index (χ0) is 11.0. The monoisotopic (exact) mass is 222 g/mol. The maximum absolute atomic E-state index is 3.88. The molecule has 2 aliphatic carbocycles. The predicted molar refractivity (Wildman–Crippen MR) is 67.6 cm³/mol. The van der Waals surface area contributed by atoms with E-state index in [1.807, 2.05) is 0 Å². The molecule has 3 aliphatic rings. The van der Waals surface area contributed by atoms with Gasteiger partial charge in [-0.05, 0) is 44.7 Å². The van der Waals surface area contributed by atoms with E-state index < -0.39 is 0 Å². The lowest BCUT2D eigenvalue weighted by atomic mass is 9.81. The molecule has 3 fully saturated rings. The number of nitrogens with zero attached hydrogens (tertiary/aromatic N) is 1. The van der Waals surface area contributed by atoms with Crippen molar-refractivity contribution >= 4 is 0 Å². The minimum Gasteiger partial charge on any atom is -0.310 e. The molecule has 0 amide bonds. The highest BCUT2D eigenvalue weighted by Gasteiger charge is 2.43. The van der Waals surface area contributed by atoms with Crippen molar-refractivity contribution < 1.29 is 0 Å². The molecule has 0 aromatic carbocycles. The van der Waals surface area contributed by atoms with Gasteiger partial charge in [0.15, 0.2) is 0 Å². The third-order valence-electron chi connectivity index (χ3n) is 4.97. The first-order chi connectivity index (χ1) is 7.79. The van der Waals surface area contributed by atoms with E-state index in [1.54, 1.807) is 0 Å². The lowest BCUT2D eigenvalue weighted by Gasteiger charge is -2.40. The van der Waals surface area contributed by atoms with E-state index in [0.717, 1.165) is 12.0 Å². The van der Waals surface area contributed by atoms with Crippen LogP contribution in [0.4, 0.5) is 0 Å². The summed E-state index contributed by atoms with van der Waals surface area (Å²) in [5.41, 5.74) is 0.497. The number of rotatable bonds is 1. The number of hydrogen-bond donors (Lipinski definition) is 1. The molecule has 2 atom stereocenters. The summed E-state index contributed by atoms with van der Waals surface area (Å²) in [6.45, 7) is 6.33. The van der Waals surface area contributed by atoms with Crippen molar-refractivity contribution in [1.29, 1.82) is 0 Å². The van der Waals surface area contributed by atoms with Crippen LogP contribution in [-0.2, 0) is 0 Å². The summed E-state index contributed by atoms with van der Waals surface area (Å²) in [7, 11) is 0. The van der Waals surface area contributed by atoms with Crippen LogP contribution >= 0.6 is 0 Å². The molecule has 1 N–H and O–H groups in total. The average Bonchev–Trinajstić information content (AvgIpc) is 3.03. The molecule has 2 saturated carbocycles. The Hall–Kier alpha value is -0.0800. The van der Waals surface area contributed by atoms with Gasteiger partial charge in [-0.2, -0.15) is 0 Å².